The molecule has 0 aliphatic heterocycles. The number of hydrogen-bond donors (Lipinski definition) is 0. The minimum atomic E-state index is -4.52. The van der Waals surface area contributed by atoms with Gasteiger partial charge >= 0.3 is 12.4 Å². The predicted octanol–water partition coefficient (Wildman–Crippen LogP) is 8.34. The minimum Gasteiger partial charge on any atom is -0.289 e. The van der Waals surface area contributed by atoms with Crippen molar-refractivity contribution in [2.45, 2.75) is 31.1 Å². The lowest BCUT2D eigenvalue weighted by Crippen LogP contribution is -2.19. The number of Topliss-reactive ketones (excluding diaryl/α,β-unsaturated/α-hetero) is 1. The Kier molecular flexibility index (Phi) is 6.70. The van der Waals surface area contributed by atoms with Gasteiger partial charge in [0.15, 0.2) is 5.78 Å². The Morgan fingerprint density at radius 3 is 1.51 bits per heavy atom. The highest BCUT2D eigenvalue weighted by Crippen LogP contribution is 2.39. The molecule has 0 radical (unpaired) electrons. The summed E-state index contributed by atoms with van der Waals surface area (Å²) in [5, 5.41) is 0. The van der Waals surface area contributed by atoms with E-state index in [0.717, 1.165) is 29.8 Å². The Balaban J connectivity index is 1.76. The van der Waals surface area contributed by atoms with Crippen LogP contribution in [0.1, 0.15) is 46.6 Å². The normalized spacial score (nSPS) is 19.4. The van der Waals surface area contributed by atoms with Crippen LogP contribution < -0.4 is 0 Å². The number of carbonyl (C=O) groups excluding carboxylic acids is 1. The molecule has 35 heavy (non-hydrogen) atoms. The van der Waals surface area contributed by atoms with Gasteiger partial charge in [-0.05, 0) is 71.9 Å². The zero-order valence-electron chi connectivity index (χ0n) is 18.3. The van der Waals surface area contributed by atoms with Crippen LogP contribution in [0.15, 0.2) is 90.0 Å². The zero-order chi connectivity index (χ0) is 25.2. The molecule has 7 heteroatoms. The van der Waals surface area contributed by atoms with Gasteiger partial charge in [-0.3, -0.25) is 4.79 Å². The van der Waals surface area contributed by atoms with Crippen molar-refractivity contribution in [3.63, 3.8) is 0 Å². The van der Waals surface area contributed by atoms with E-state index in [9.17, 15) is 31.1 Å². The van der Waals surface area contributed by atoms with Crippen LogP contribution in [0.3, 0.4) is 0 Å². The van der Waals surface area contributed by atoms with E-state index in [1.807, 2.05) is 30.3 Å². The van der Waals surface area contributed by atoms with Gasteiger partial charge in [0.2, 0.25) is 0 Å². The van der Waals surface area contributed by atoms with Gasteiger partial charge in [0, 0.05) is 11.1 Å². The summed E-state index contributed by atoms with van der Waals surface area (Å²) in [5.74, 6) is -0.532. The molecule has 1 aliphatic carbocycles. The van der Waals surface area contributed by atoms with E-state index < -0.39 is 23.5 Å². The third-order valence-electron chi connectivity index (χ3n) is 5.90. The Labute approximate surface area is 198 Å². The monoisotopic (exact) mass is 486 g/mol. The first-order valence-electron chi connectivity index (χ1n) is 10.9. The van der Waals surface area contributed by atoms with Gasteiger partial charge in [-0.1, -0.05) is 54.6 Å². The number of rotatable bonds is 3. The number of alkyl halides is 6. The molecule has 0 spiro atoms. The highest BCUT2D eigenvalue weighted by Gasteiger charge is 2.32. The quantitative estimate of drug-likeness (QED) is 0.269. The van der Waals surface area contributed by atoms with Crippen molar-refractivity contribution in [1.29, 1.82) is 0 Å². The van der Waals surface area contributed by atoms with Crippen molar-refractivity contribution in [2.24, 2.45) is 0 Å². The van der Waals surface area contributed by atoms with Gasteiger partial charge in [0.25, 0.3) is 0 Å². The molecular formula is C28H20F6O. The molecule has 1 saturated carbocycles. The van der Waals surface area contributed by atoms with E-state index >= 15 is 0 Å². The number of carbonyl (C=O) groups is 1. The first kappa shape index (κ1) is 24.5. The van der Waals surface area contributed by atoms with Crippen molar-refractivity contribution in [1.82, 2.24) is 0 Å². The second-order valence-electron chi connectivity index (χ2n) is 8.43. The fourth-order valence-electron chi connectivity index (χ4n) is 4.22. The van der Waals surface area contributed by atoms with Crippen LogP contribution in [0.5, 0.6) is 0 Å². The molecule has 1 fully saturated rings. The number of ketones is 1. The van der Waals surface area contributed by atoms with Crippen molar-refractivity contribution in [3.05, 3.63) is 118 Å². The van der Waals surface area contributed by atoms with Gasteiger partial charge < -0.3 is 0 Å². The van der Waals surface area contributed by atoms with Crippen molar-refractivity contribution >= 4 is 17.9 Å². The van der Waals surface area contributed by atoms with E-state index in [1.165, 1.54) is 36.4 Å². The van der Waals surface area contributed by atoms with Crippen molar-refractivity contribution in [3.8, 4) is 0 Å². The molecular weight excluding hydrogens is 466 g/mol. The molecule has 0 unspecified atom stereocenters. The molecule has 3 aromatic rings. The lowest BCUT2D eigenvalue weighted by atomic mass is 9.76. The number of allylic oxidation sites excluding steroid dienone is 2. The maximum atomic E-state index is 13.3. The third-order valence-corrected chi connectivity index (χ3v) is 5.90. The average Bonchev–Trinajstić information content (AvgIpc) is 2.81. The van der Waals surface area contributed by atoms with Crippen LogP contribution in [0.4, 0.5) is 26.3 Å². The number of benzene rings is 3. The van der Waals surface area contributed by atoms with Crippen LogP contribution in [0.2, 0.25) is 0 Å². The Hall–Kier alpha value is -3.61. The number of halogens is 6. The average molecular weight is 486 g/mol. The fraction of sp³-hybridized carbons (Fsp3) is 0.179. The molecule has 0 atom stereocenters. The maximum absolute atomic E-state index is 13.3. The van der Waals surface area contributed by atoms with Gasteiger partial charge in [0.1, 0.15) is 0 Å². The Bertz CT molecular complexity index is 1200. The summed E-state index contributed by atoms with van der Waals surface area (Å²) < 4.78 is 78.9. The first-order valence-corrected chi connectivity index (χ1v) is 10.9. The molecule has 4 rings (SSSR count). The van der Waals surface area contributed by atoms with Crippen LogP contribution in [-0.2, 0) is 17.1 Å². The van der Waals surface area contributed by atoms with Gasteiger partial charge in [0.05, 0.1) is 11.1 Å². The van der Waals surface area contributed by atoms with Crippen LogP contribution >= 0.6 is 0 Å². The zero-order valence-corrected chi connectivity index (χ0v) is 18.3. The minimum absolute atomic E-state index is 0.150. The van der Waals surface area contributed by atoms with Gasteiger partial charge in [-0.2, -0.15) is 26.3 Å². The molecule has 0 aromatic heterocycles. The molecule has 180 valence electrons. The summed E-state index contributed by atoms with van der Waals surface area (Å²) in [6, 6.07) is 18.7. The standard InChI is InChI=1S/C28H20F6O/c29-27(30,31)24-10-4-6-18(14-24)12-22-16-21(20-8-2-1-3-9-20)17-23(26(22)35)13-19-7-5-11-25(15-19)28(32,33)34/h1-15,21H,16-17H2/b22-12+,23-13+. The SMILES string of the molecule is O=C1/C(=C/c2cccc(C(F)(F)F)c2)CC(c2ccccc2)C/C1=C\c1cccc(C(F)(F)F)c1. The van der Waals surface area contributed by atoms with E-state index in [0.29, 0.717) is 24.0 Å². The maximum Gasteiger partial charge on any atom is 0.416 e. The smallest absolute Gasteiger partial charge is 0.289 e. The molecule has 0 amide bonds. The van der Waals surface area contributed by atoms with Crippen LogP contribution in [0, 0.1) is 0 Å². The van der Waals surface area contributed by atoms with Gasteiger partial charge in [-0.15, -0.1) is 0 Å². The highest BCUT2D eigenvalue weighted by atomic mass is 19.4. The highest BCUT2D eigenvalue weighted by molar-refractivity contribution is 6.14. The van der Waals surface area contributed by atoms with Crippen molar-refractivity contribution in [2.75, 3.05) is 0 Å². The largest absolute Gasteiger partial charge is 0.416 e. The molecule has 1 aliphatic rings. The second-order valence-corrected chi connectivity index (χ2v) is 8.43. The summed E-state index contributed by atoms with van der Waals surface area (Å²) in [7, 11) is 0. The van der Waals surface area contributed by atoms with E-state index in [4.69, 9.17) is 0 Å². The van der Waals surface area contributed by atoms with Crippen LogP contribution in [-0.4, -0.2) is 5.78 Å². The first-order chi connectivity index (χ1) is 16.5. The second kappa shape index (κ2) is 9.56. The predicted molar refractivity (Wildman–Crippen MR) is 122 cm³/mol. The summed E-state index contributed by atoms with van der Waals surface area (Å²) in [6.07, 6.45) is -5.56. The molecule has 0 heterocycles. The van der Waals surface area contributed by atoms with E-state index in [1.54, 1.807) is 0 Å². The Morgan fingerprint density at radius 1 is 0.629 bits per heavy atom. The van der Waals surface area contributed by atoms with Crippen LogP contribution in [0.25, 0.3) is 12.2 Å². The molecule has 0 bridgehead atoms. The molecule has 0 N–H and O–H groups in total. The molecule has 3 aromatic carbocycles. The van der Waals surface area contributed by atoms with Crippen molar-refractivity contribution < 1.29 is 31.1 Å². The van der Waals surface area contributed by atoms with E-state index in [2.05, 4.69) is 0 Å². The topological polar surface area (TPSA) is 17.1 Å². The lowest BCUT2D eigenvalue weighted by Gasteiger charge is -2.26. The van der Waals surface area contributed by atoms with E-state index in [-0.39, 0.29) is 22.8 Å². The summed E-state index contributed by atoms with van der Waals surface area (Å²) in [4.78, 5) is 13.3. The summed E-state index contributed by atoms with van der Waals surface area (Å²) in [6.45, 7) is 0. The third kappa shape index (κ3) is 5.91. The molecule has 0 saturated heterocycles. The number of hydrogen-bond acceptors (Lipinski definition) is 1. The lowest BCUT2D eigenvalue weighted by molar-refractivity contribution is -0.138. The summed E-state index contributed by atoms with van der Waals surface area (Å²) >= 11 is 0. The molecule has 1 nitrogen and oxygen atoms in total. The van der Waals surface area contributed by atoms with Gasteiger partial charge in [-0.25, -0.2) is 0 Å². The Morgan fingerprint density at radius 2 is 1.09 bits per heavy atom. The summed E-state index contributed by atoms with van der Waals surface area (Å²) in [5.41, 5.74) is 0.365. The fourth-order valence-corrected chi connectivity index (χ4v) is 4.22.